The van der Waals surface area contributed by atoms with Crippen LogP contribution in [0.1, 0.15) is 48.2 Å². The molecular formula is C16H22N2O5S. The molecule has 0 spiro atoms. The highest BCUT2D eigenvalue weighted by Crippen LogP contribution is 2.17. The van der Waals surface area contributed by atoms with Gasteiger partial charge in [-0.25, -0.2) is 4.79 Å². The van der Waals surface area contributed by atoms with Crippen molar-refractivity contribution in [3.8, 4) is 0 Å². The number of rotatable bonds is 7. The lowest BCUT2D eigenvalue weighted by Crippen LogP contribution is -2.46. The van der Waals surface area contributed by atoms with Crippen LogP contribution in [0.5, 0.6) is 0 Å². The molecule has 132 valence electrons. The van der Waals surface area contributed by atoms with Crippen molar-refractivity contribution in [1.29, 1.82) is 0 Å². The minimum atomic E-state index is -1.12. The topological polar surface area (TPSA) is 102 Å². The predicted octanol–water partition coefficient (Wildman–Crippen LogP) is 2.19. The molecule has 0 radical (unpaired) electrons. The average molecular weight is 354 g/mol. The molecule has 0 bridgehead atoms. The van der Waals surface area contributed by atoms with E-state index < -0.39 is 24.0 Å². The Labute approximate surface area is 144 Å². The maximum absolute atomic E-state index is 11.9. The number of carbonyl (C=O) groups is 4. The van der Waals surface area contributed by atoms with Gasteiger partial charge in [-0.2, -0.15) is 0 Å². The number of thiophene rings is 1. The molecular weight excluding hydrogens is 332 g/mol. The molecule has 3 amide bonds. The lowest BCUT2D eigenvalue weighted by Gasteiger charge is -2.14. The van der Waals surface area contributed by atoms with E-state index in [4.69, 9.17) is 4.74 Å². The van der Waals surface area contributed by atoms with Crippen LogP contribution in [0.25, 0.3) is 0 Å². The number of amides is 3. The molecule has 0 unspecified atom stereocenters. The Morgan fingerprint density at radius 1 is 1.12 bits per heavy atom. The molecule has 0 saturated carbocycles. The largest absolute Gasteiger partial charge is 0.453 e. The number of urea groups is 1. The van der Waals surface area contributed by atoms with Gasteiger partial charge in [0.25, 0.3) is 5.91 Å². The van der Waals surface area contributed by atoms with Gasteiger partial charge in [-0.05, 0) is 39.8 Å². The smallest absolute Gasteiger partial charge is 0.321 e. The van der Waals surface area contributed by atoms with Gasteiger partial charge in [-0.1, -0.05) is 0 Å². The molecule has 24 heavy (non-hydrogen) atoms. The predicted molar refractivity (Wildman–Crippen MR) is 90.0 cm³/mol. The highest BCUT2D eigenvalue weighted by atomic mass is 32.1. The normalized spacial score (nSPS) is 11.7. The Morgan fingerprint density at radius 3 is 2.33 bits per heavy atom. The summed E-state index contributed by atoms with van der Waals surface area (Å²) < 4.78 is 4.93. The molecule has 0 aliphatic rings. The van der Waals surface area contributed by atoms with Crippen molar-refractivity contribution < 1.29 is 23.9 Å². The fourth-order valence-electron chi connectivity index (χ4n) is 1.74. The van der Waals surface area contributed by atoms with Crippen LogP contribution in [-0.2, 0) is 14.3 Å². The lowest BCUT2D eigenvalue weighted by molar-refractivity contribution is -0.154. The number of Topliss-reactive ketones (excluding diaryl/α,β-unsaturated/α-hetero) is 1. The second-order valence-corrected chi connectivity index (χ2v) is 6.87. The second-order valence-electron chi connectivity index (χ2n) is 5.58. The third-order valence-corrected chi connectivity index (χ3v) is 3.95. The summed E-state index contributed by atoms with van der Waals surface area (Å²) in [7, 11) is 0. The zero-order valence-electron chi connectivity index (χ0n) is 14.2. The molecule has 1 rings (SSSR count). The summed E-state index contributed by atoms with van der Waals surface area (Å²) in [5.41, 5.74) is 0. The minimum absolute atomic E-state index is 0.0148. The second kappa shape index (κ2) is 9.17. The molecule has 1 atom stereocenters. The van der Waals surface area contributed by atoms with E-state index in [1.54, 1.807) is 19.9 Å². The Hall–Kier alpha value is -2.22. The summed E-state index contributed by atoms with van der Waals surface area (Å²) in [5, 5.41) is 4.57. The van der Waals surface area contributed by atoms with Crippen molar-refractivity contribution in [1.82, 2.24) is 10.6 Å². The Balaban J connectivity index is 2.37. The van der Waals surface area contributed by atoms with Crippen LogP contribution >= 0.6 is 11.3 Å². The fraction of sp³-hybridized carbons (Fsp3) is 0.500. The van der Waals surface area contributed by atoms with Gasteiger partial charge in [-0.15, -0.1) is 11.3 Å². The van der Waals surface area contributed by atoms with E-state index in [0.29, 0.717) is 4.88 Å². The Kier molecular flexibility index (Phi) is 7.57. The van der Waals surface area contributed by atoms with Gasteiger partial charge in [0.15, 0.2) is 11.9 Å². The van der Waals surface area contributed by atoms with Crippen molar-refractivity contribution in [2.45, 2.75) is 52.7 Å². The SMILES string of the molecule is Cc1ccc(C(=O)CCC(=O)O[C@@H](C)C(=O)NC(=O)NC(C)C)s1. The van der Waals surface area contributed by atoms with Gasteiger partial charge in [0.2, 0.25) is 0 Å². The third-order valence-electron chi connectivity index (χ3n) is 2.91. The summed E-state index contributed by atoms with van der Waals surface area (Å²) >= 11 is 1.37. The molecule has 0 aliphatic carbocycles. The highest BCUT2D eigenvalue weighted by molar-refractivity contribution is 7.14. The van der Waals surface area contributed by atoms with Crippen molar-refractivity contribution in [3.05, 3.63) is 21.9 Å². The van der Waals surface area contributed by atoms with Crippen molar-refractivity contribution in [3.63, 3.8) is 0 Å². The molecule has 1 aromatic heterocycles. The first-order valence-corrected chi connectivity index (χ1v) is 8.41. The van der Waals surface area contributed by atoms with Crippen LogP contribution < -0.4 is 10.6 Å². The highest BCUT2D eigenvalue weighted by Gasteiger charge is 2.21. The van der Waals surface area contributed by atoms with Crippen LogP contribution in [0.4, 0.5) is 4.79 Å². The van der Waals surface area contributed by atoms with Gasteiger partial charge < -0.3 is 10.1 Å². The van der Waals surface area contributed by atoms with Gasteiger partial charge in [0, 0.05) is 17.3 Å². The molecule has 8 heteroatoms. The van der Waals surface area contributed by atoms with Crippen molar-refractivity contribution in [2.75, 3.05) is 0 Å². The zero-order valence-corrected chi connectivity index (χ0v) is 15.0. The van der Waals surface area contributed by atoms with Gasteiger partial charge in [0.1, 0.15) is 0 Å². The minimum Gasteiger partial charge on any atom is -0.453 e. The number of hydrogen-bond donors (Lipinski definition) is 2. The molecule has 7 nitrogen and oxygen atoms in total. The molecule has 0 fully saturated rings. The monoisotopic (exact) mass is 354 g/mol. The first-order valence-electron chi connectivity index (χ1n) is 7.59. The lowest BCUT2D eigenvalue weighted by atomic mass is 10.2. The molecule has 2 N–H and O–H groups in total. The van der Waals surface area contributed by atoms with E-state index >= 15 is 0 Å². The van der Waals surface area contributed by atoms with Crippen molar-refractivity contribution in [2.24, 2.45) is 0 Å². The van der Waals surface area contributed by atoms with E-state index in [1.807, 2.05) is 13.0 Å². The molecule has 0 aliphatic heterocycles. The number of ketones is 1. The van der Waals surface area contributed by atoms with E-state index in [-0.39, 0.29) is 24.7 Å². The van der Waals surface area contributed by atoms with Gasteiger partial charge in [0.05, 0.1) is 11.3 Å². The van der Waals surface area contributed by atoms with Crippen LogP contribution in [0, 0.1) is 6.92 Å². The van der Waals surface area contributed by atoms with Gasteiger partial charge in [-0.3, -0.25) is 19.7 Å². The zero-order chi connectivity index (χ0) is 18.3. The first-order chi connectivity index (χ1) is 11.2. The number of aryl methyl sites for hydroxylation is 1. The molecule has 1 heterocycles. The van der Waals surface area contributed by atoms with E-state index in [0.717, 1.165) is 4.88 Å². The summed E-state index contributed by atoms with van der Waals surface area (Å²) in [6, 6.07) is 2.78. The molecule has 0 aromatic carbocycles. The average Bonchev–Trinajstić information content (AvgIpc) is 2.90. The number of carbonyl (C=O) groups excluding carboxylic acids is 4. The molecule has 1 aromatic rings. The maximum Gasteiger partial charge on any atom is 0.321 e. The Bertz CT molecular complexity index is 624. The van der Waals surface area contributed by atoms with Crippen LogP contribution in [0.2, 0.25) is 0 Å². The quantitative estimate of drug-likeness (QED) is 0.577. The molecule has 0 saturated heterocycles. The number of hydrogen-bond acceptors (Lipinski definition) is 6. The summed E-state index contributed by atoms with van der Waals surface area (Å²) in [6.45, 7) is 6.75. The number of imide groups is 1. The van der Waals surface area contributed by atoms with Crippen LogP contribution in [0.3, 0.4) is 0 Å². The van der Waals surface area contributed by atoms with Crippen LogP contribution in [0.15, 0.2) is 12.1 Å². The van der Waals surface area contributed by atoms with Crippen molar-refractivity contribution >= 4 is 35.0 Å². The maximum atomic E-state index is 11.9. The summed E-state index contributed by atoms with van der Waals surface area (Å²) in [6.07, 6.45) is -1.22. The van der Waals surface area contributed by atoms with Crippen LogP contribution in [-0.4, -0.2) is 35.8 Å². The third kappa shape index (κ3) is 6.91. The summed E-state index contributed by atoms with van der Waals surface area (Å²) in [5.74, 6) is -1.52. The number of ether oxygens (including phenoxy) is 1. The van der Waals surface area contributed by atoms with Gasteiger partial charge >= 0.3 is 12.0 Å². The first kappa shape index (κ1) is 19.8. The van der Waals surface area contributed by atoms with E-state index in [1.165, 1.54) is 18.3 Å². The number of nitrogens with one attached hydrogen (secondary N) is 2. The van der Waals surface area contributed by atoms with E-state index in [9.17, 15) is 19.2 Å². The van der Waals surface area contributed by atoms with E-state index in [2.05, 4.69) is 10.6 Å². The standard InChI is InChI=1S/C16H22N2O5S/c1-9(2)17-16(22)18-15(21)11(4)23-14(20)8-6-12(19)13-7-5-10(3)24-13/h5,7,9,11H,6,8H2,1-4H3,(H2,17,18,21,22)/t11-/m0/s1. The fourth-order valence-corrected chi connectivity index (χ4v) is 2.58. The summed E-state index contributed by atoms with van der Waals surface area (Å²) in [4.78, 5) is 48.3. The number of esters is 1. The Morgan fingerprint density at radius 2 is 1.79 bits per heavy atom.